The van der Waals surface area contributed by atoms with Crippen LogP contribution in [0, 0.1) is 0 Å². The van der Waals surface area contributed by atoms with Gasteiger partial charge in [0.25, 0.3) is 11.8 Å². The maximum Gasteiger partial charge on any atom is 0.293 e. The molecule has 4 N–H and O–H groups in total. The molecule has 2 aromatic rings. The third kappa shape index (κ3) is 6.05. The summed E-state index contributed by atoms with van der Waals surface area (Å²) in [5.41, 5.74) is 4.65. The Morgan fingerprint density at radius 3 is 2.58 bits per heavy atom. The van der Waals surface area contributed by atoms with Crippen LogP contribution in [0.1, 0.15) is 18.7 Å². The molecule has 8 heteroatoms. The number of nitrogens with two attached hydrogens (primary N) is 1. The fourth-order valence-corrected chi connectivity index (χ4v) is 2.12. The van der Waals surface area contributed by atoms with Crippen LogP contribution in [0.4, 0.5) is 0 Å². The van der Waals surface area contributed by atoms with Gasteiger partial charge >= 0.3 is 0 Å². The first kappa shape index (κ1) is 18.0. The molecule has 0 fully saturated rings. The van der Waals surface area contributed by atoms with Crippen LogP contribution in [0.2, 0.25) is 0 Å². The van der Waals surface area contributed by atoms with Gasteiger partial charge in [-0.1, -0.05) is 15.9 Å². The Morgan fingerprint density at radius 1 is 1.21 bits per heavy atom. The molecule has 0 radical (unpaired) electrons. The van der Waals surface area contributed by atoms with Crippen molar-refractivity contribution in [1.29, 1.82) is 0 Å². The minimum Gasteiger partial charge on any atom is -0.484 e. The summed E-state index contributed by atoms with van der Waals surface area (Å²) in [6.07, 6.45) is 1.59. The molecule has 7 nitrogen and oxygen atoms in total. The summed E-state index contributed by atoms with van der Waals surface area (Å²) in [6.45, 7) is 1.90. The number of rotatable bonds is 7. The first-order chi connectivity index (χ1) is 11.5. The minimum absolute atomic E-state index is 0.0159. The van der Waals surface area contributed by atoms with E-state index in [1.165, 1.54) is 0 Å². The van der Waals surface area contributed by atoms with Crippen molar-refractivity contribution in [1.82, 2.24) is 10.9 Å². The van der Waals surface area contributed by atoms with Gasteiger partial charge in [0.2, 0.25) is 0 Å². The number of furan rings is 1. The Kier molecular flexibility index (Phi) is 6.83. The number of amides is 2. The fraction of sp³-hybridized carbons (Fsp3) is 0.250. The largest absolute Gasteiger partial charge is 0.484 e. The molecule has 24 heavy (non-hydrogen) atoms. The number of carbonyl (C=O) groups is 2. The Hall–Kier alpha value is -2.32. The number of nitrogens with one attached hydrogen (secondary N) is 2. The number of carbonyl (C=O) groups excluding carboxylic acids is 2. The molecule has 1 aromatic carbocycles. The number of halogens is 1. The van der Waals surface area contributed by atoms with Gasteiger partial charge in [-0.15, -0.1) is 0 Å². The standard InChI is InChI=1S/C16H18BrN3O4/c1-11(14-3-2-8-23-14)18-9-15(21)19-20-16(22)10-24-13-6-4-12(17)5-7-13/h2-8,11,18H,9-10H2,1H3,(H,19,21)(H,20,22)/p+1/t11-/m0/s1. The highest BCUT2D eigenvalue weighted by molar-refractivity contribution is 9.10. The van der Waals surface area contributed by atoms with Crippen molar-refractivity contribution in [2.24, 2.45) is 0 Å². The molecule has 1 heterocycles. The maximum absolute atomic E-state index is 11.7. The summed E-state index contributed by atoms with van der Waals surface area (Å²) in [4.78, 5) is 23.3. The van der Waals surface area contributed by atoms with E-state index in [2.05, 4.69) is 26.8 Å². The number of hydrogen-bond acceptors (Lipinski definition) is 4. The quantitative estimate of drug-likeness (QED) is 0.605. The van der Waals surface area contributed by atoms with E-state index >= 15 is 0 Å². The van der Waals surface area contributed by atoms with Gasteiger partial charge in [-0.2, -0.15) is 0 Å². The number of hydrogen-bond donors (Lipinski definition) is 3. The van der Waals surface area contributed by atoms with Crippen LogP contribution < -0.4 is 20.9 Å². The van der Waals surface area contributed by atoms with Gasteiger partial charge in [-0.05, 0) is 43.3 Å². The van der Waals surface area contributed by atoms with E-state index in [1.54, 1.807) is 29.8 Å². The van der Waals surface area contributed by atoms with Crippen molar-refractivity contribution in [2.75, 3.05) is 13.2 Å². The molecule has 0 saturated carbocycles. The summed E-state index contributed by atoms with van der Waals surface area (Å²) >= 11 is 3.31. The van der Waals surface area contributed by atoms with Gasteiger partial charge in [0.1, 0.15) is 11.8 Å². The zero-order chi connectivity index (χ0) is 17.4. The summed E-state index contributed by atoms with van der Waals surface area (Å²) in [5.74, 6) is 0.603. The van der Waals surface area contributed by atoms with E-state index in [0.29, 0.717) is 5.75 Å². The van der Waals surface area contributed by atoms with E-state index in [1.807, 2.05) is 25.1 Å². The average molecular weight is 397 g/mol. The van der Waals surface area contributed by atoms with Crippen LogP contribution in [0.3, 0.4) is 0 Å². The first-order valence-electron chi connectivity index (χ1n) is 7.37. The number of quaternary nitrogens is 1. The number of ether oxygens (including phenoxy) is 1. The smallest absolute Gasteiger partial charge is 0.293 e. The molecule has 1 aromatic heterocycles. The number of hydrazine groups is 1. The molecule has 1 atom stereocenters. The molecule has 2 rings (SSSR count). The molecule has 2 amide bonds. The predicted molar refractivity (Wildman–Crippen MR) is 89.8 cm³/mol. The summed E-state index contributed by atoms with van der Waals surface area (Å²) < 4.78 is 11.5. The summed E-state index contributed by atoms with van der Waals surface area (Å²) in [6, 6.07) is 10.8. The van der Waals surface area contributed by atoms with E-state index in [-0.39, 0.29) is 25.1 Å². The molecule has 0 unspecified atom stereocenters. The van der Waals surface area contributed by atoms with Crippen molar-refractivity contribution < 1.29 is 24.1 Å². The van der Waals surface area contributed by atoms with Crippen LogP contribution >= 0.6 is 15.9 Å². The lowest BCUT2D eigenvalue weighted by molar-refractivity contribution is -0.684. The molecule has 0 spiro atoms. The van der Waals surface area contributed by atoms with Crippen molar-refractivity contribution in [2.45, 2.75) is 13.0 Å². The monoisotopic (exact) mass is 396 g/mol. The van der Waals surface area contributed by atoms with Crippen molar-refractivity contribution in [3.05, 3.63) is 52.9 Å². The van der Waals surface area contributed by atoms with Gasteiger partial charge < -0.3 is 14.5 Å². The van der Waals surface area contributed by atoms with Crippen LogP contribution in [0.25, 0.3) is 0 Å². The van der Waals surface area contributed by atoms with E-state index in [4.69, 9.17) is 9.15 Å². The van der Waals surface area contributed by atoms with Gasteiger partial charge in [0.15, 0.2) is 18.9 Å². The van der Waals surface area contributed by atoms with E-state index in [0.717, 1.165) is 10.2 Å². The second-order valence-corrected chi connectivity index (χ2v) is 6.00. The molecule has 0 saturated heterocycles. The Bertz CT molecular complexity index is 658. The average Bonchev–Trinajstić information content (AvgIpc) is 3.12. The van der Waals surface area contributed by atoms with Crippen LogP contribution in [0.15, 0.2) is 51.6 Å². The second kappa shape index (κ2) is 9.09. The molecular weight excluding hydrogens is 378 g/mol. The van der Waals surface area contributed by atoms with Crippen LogP contribution in [-0.2, 0) is 9.59 Å². The third-order valence-electron chi connectivity index (χ3n) is 3.17. The Morgan fingerprint density at radius 2 is 1.92 bits per heavy atom. The van der Waals surface area contributed by atoms with Crippen LogP contribution in [-0.4, -0.2) is 25.0 Å². The van der Waals surface area contributed by atoms with E-state index < -0.39 is 5.91 Å². The summed E-state index contributed by atoms with van der Waals surface area (Å²) in [5, 5.41) is 1.80. The topological polar surface area (TPSA) is 97.2 Å². The lowest BCUT2D eigenvalue weighted by atomic mass is 10.2. The number of benzene rings is 1. The highest BCUT2D eigenvalue weighted by Gasteiger charge is 2.14. The van der Waals surface area contributed by atoms with Crippen molar-refractivity contribution in [3.63, 3.8) is 0 Å². The molecule has 0 aliphatic rings. The van der Waals surface area contributed by atoms with Gasteiger partial charge in [-0.3, -0.25) is 20.4 Å². The van der Waals surface area contributed by atoms with Gasteiger partial charge in [-0.25, -0.2) is 0 Å². The highest BCUT2D eigenvalue weighted by atomic mass is 79.9. The van der Waals surface area contributed by atoms with Gasteiger partial charge in [0.05, 0.1) is 6.26 Å². The molecule has 0 bridgehead atoms. The first-order valence-corrected chi connectivity index (χ1v) is 8.16. The predicted octanol–water partition coefficient (Wildman–Crippen LogP) is 0.893. The second-order valence-electron chi connectivity index (χ2n) is 5.08. The normalized spacial score (nSPS) is 11.6. The zero-order valence-electron chi connectivity index (χ0n) is 13.1. The van der Waals surface area contributed by atoms with Crippen molar-refractivity contribution in [3.8, 4) is 5.75 Å². The SMILES string of the molecule is C[C@H]([NH2+]CC(=O)NNC(=O)COc1ccc(Br)cc1)c1ccco1. The Labute approximate surface area is 147 Å². The lowest BCUT2D eigenvalue weighted by Gasteiger charge is -2.10. The molecular formula is C16H19BrN3O4+. The Balaban J connectivity index is 1.62. The molecule has 0 aliphatic carbocycles. The fourth-order valence-electron chi connectivity index (χ4n) is 1.86. The zero-order valence-corrected chi connectivity index (χ0v) is 14.7. The lowest BCUT2D eigenvalue weighted by Crippen LogP contribution is -2.87. The van der Waals surface area contributed by atoms with Crippen LogP contribution in [0.5, 0.6) is 5.75 Å². The van der Waals surface area contributed by atoms with Crippen molar-refractivity contribution >= 4 is 27.7 Å². The third-order valence-corrected chi connectivity index (χ3v) is 3.70. The summed E-state index contributed by atoms with van der Waals surface area (Å²) in [7, 11) is 0. The van der Waals surface area contributed by atoms with Gasteiger partial charge in [0, 0.05) is 4.47 Å². The highest BCUT2D eigenvalue weighted by Crippen LogP contribution is 2.15. The minimum atomic E-state index is -0.439. The van der Waals surface area contributed by atoms with E-state index in [9.17, 15) is 9.59 Å². The molecule has 128 valence electrons. The maximum atomic E-state index is 11.7. The molecule has 0 aliphatic heterocycles.